The van der Waals surface area contributed by atoms with E-state index in [1.165, 1.54) is 11.1 Å². The van der Waals surface area contributed by atoms with Crippen molar-refractivity contribution < 1.29 is 9.53 Å². The molecule has 0 bridgehead atoms. The van der Waals surface area contributed by atoms with Crippen LogP contribution in [-0.4, -0.2) is 18.5 Å². The highest BCUT2D eigenvalue weighted by molar-refractivity contribution is 6.00. The average molecular weight is 232 g/mol. The summed E-state index contributed by atoms with van der Waals surface area (Å²) in [5.41, 5.74) is 3.18. The van der Waals surface area contributed by atoms with Crippen molar-refractivity contribution in [3.05, 3.63) is 34.9 Å². The summed E-state index contributed by atoms with van der Waals surface area (Å²) in [6.45, 7) is 6.66. The Labute approximate surface area is 103 Å². The Morgan fingerprint density at radius 2 is 2.06 bits per heavy atom. The van der Waals surface area contributed by atoms with Crippen molar-refractivity contribution in [1.29, 1.82) is 0 Å². The molecule has 0 amide bonds. The molecule has 0 spiro atoms. The van der Waals surface area contributed by atoms with Crippen LogP contribution in [0, 0.1) is 19.8 Å². The third-order valence-corrected chi connectivity index (χ3v) is 3.45. The molecule has 1 aliphatic rings. The standard InChI is InChI=1S/C15H20O2/c1-4-17-15(12-7-8-12)14(16)13-6-5-10(2)11(3)9-13/h5-6,9,12,15H,4,7-8H2,1-3H3. The van der Waals surface area contributed by atoms with Gasteiger partial charge in [-0.2, -0.15) is 0 Å². The van der Waals surface area contributed by atoms with Gasteiger partial charge in [0.25, 0.3) is 0 Å². The Kier molecular flexibility index (Phi) is 3.63. The lowest BCUT2D eigenvalue weighted by Gasteiger charge is -2.15. The number of aryl methyl sites for hydroxylation is 2. The predicted molar refractivity (Wildman–Crippen MR) is 68.4 cm³/mol. The quantitative estimate of drug-likeness (QED) is 0.728. The van der Waals surface area contributed by atoms with Crippen molar-refractivity contribution in [3.8, 4) is 0 Å². The summed E-state index contributed by atoms with van der Waals surface area (Å²) in [5, 5.41) is 0. The maximum absolute atomic E-state index is 12.4. The van der Waals surface area contributed by atoms with Crippen molar-refractivity contribution in [2.24, 2.45) is 5.92 Å². The molecule has 2 heteroatoms. The molecule has 2 rings (SSSR count). The van der Waals surface area contributed by atoms with Gasteiger partial charge in [0.15, 0.2) is 5.78 Å². The molecule has 1 atom stereocenters. The molecule has 0 radical (unpaired) electrons. The summed E-state index contributed by atoms with van der Waals surface area (Å²) in [4.78, 5) is 12.4. The van der Waals surface area contributed by atoms with E-state index in [1.54, 1.807) is 0 Å². The van der Waals surface area contributed by atoms with Crippen LogP contribution < -0.4 is 0 Å². The fourth-order valence-electron chi connectivity index (χ4n) is 2.06. The van der Waals surface area contributed by atoms with Gasteiger partial charge in [-0.25, -0.2) is 0 Å². The molecule has 1 aliphatic carbocycles. The average Bonchev–Trinajstić information content (AvgIpc) is 3.13. The highest BCUT2D eigenvalue weighted by Gasteiger charge is 2.37. The van der Waals surface area contributed by atoms with E-state index in [0.29, 0.717) is 12.5 Å². The van der Waals surface area contributed by atoms with Gasteiger partial charge < -0.3 is 4.74 Å². The number of ketones is 1. The molecule has 1 aromatic carbocycles. The third-order valence-electron chi connectivity index (χ3n) is 3.45. The Balaban J connectivity index is 2.19. The van der Waals surface area contributed by atoms with E-state index >= 15 is 0 Å². The summed E-state index contributed by atoms with van der Waals surface area (Å²) < 4.78 is 5.60. The van der Waals surface area contributed by atoms with E-state index < -0.39 is 0 Å². The van der Waals surface area contributed by atoms with Crippen LogP contribution in [-0.2, 0) is 4.74 Å². The minimum atomic E-state index is -0.220. The minimum Gasteiger partial charge on any atom is -0.370 e. The van der Waals surface area contributed by atoms with Gasteiger partial charge in [0.05, 0.1) is 0 Å². The highest BCUT2D eigenvalue weighted by atomic mass is 16.5. The van der Waals surface area contributed by atoms with Crippen molar-refractivity contribution in [2.45, 2.75) is 39.7 Å². The molecule has 0 aromatic heterocycles. The lowest BCUT2D eigenvalue weighted by atomic mass is 9.99. The summed E-state index contributed by atoms with van der Waals surface area (Å²) in [6, 6.07) is 5.91. The molecular formula is C15H20O2. The number of hydrogen-bond acceptors (Lipinski definition) is 2. The zero-order valence-corrected chi connectivity index (χ0v) is 10.8. The second kappa shape index (κ2) is 5.01. The topological polar surface area (TPSA) is 26.3 Å². The van der Waals surface area contributed by atoms with Gasteiger partial charge >= 0.3 is 0 Å². The Morgan fingerprint density at radius 3 is 2.59 bits per heavy atom. The van der Waals surface area contributed by atoms with E-state index in [9.17, 15) is 4.79 Å². The van der Waals surface area contributed by atoms with E-state index in [4.69, 9.17) is 4.74 Å². The van der Waals surface area contributed by atoms with E-state index in [1.807, 2.05) is 32.0 Å². The molecular weight excluding hydrogens is 212 g/mol. The van der Waals surface area contributed by atoms with Crippen LogP contribution >= 0.6 is 0 Å². The van der Waals surface area contributed by atoms with Crippen LogP contribution in [0.25, 0.3) is 0 Å². The molecule has 1 unspecified atom stereocenters. The predicted octanol–water partition coefficient (Wildman–Crippen LogP) is 3.30. The number of carbonyl (C=O) groups is 1. The molecule has 2 nitrogen and oxygen atoms in total. The molecule has 1 fully saturated rings. The van der Waals surface area contributed by atoms with Crippen molar-refractivity contribution in [3.63, 3.8) is 0 Å². The monoisotopic (exact) mass is 232 g/mol. The number of benzene rings is 1. The van der Waals surface area contributed by atoms with Crippen molar-refractivity contribution >= 4 is 5.78 Å². The Morgan fingerprint density at radius 1 is 1.35 bits per heavy atom. The summed E-state index contributed by atoms with van der Waals surface area (Å²) in [6.07, 6.45) is 2.03. The summed E-state index contributed by atoms with van der Waals surface area (Å²) >= 11 is 0. The van der Waals surface area contributed by atoms with Gasteiger partial charge in [0.1, 0.15) is 6.10 Å². The Bertz CT molecular complexity index is 419. The van der Waals surface area contributed by atoms with Crippen LogP contribution in [0.5, 0.6) is 0 Å². The lowest BCUT2D eigenvalue weighted by Crippen LogP contribution is -2.26. The minimum absolute atomic E-state index is 0.150. The largest absolute Gasteiger partial charge is 0.370 e. The van der Waals surface area contributed by atoms with Gasteiger partial charge in [-0.05, 0) is 56.7 Å². The van der Waals surface area contributed by atoms with E-state index in [0.717, 1.165) is 18.4 Å². The number of rotatable bonds is 5. The first-order valence-electron chi connectivity index (χ1n) is 6.36. The van der Waals surface area contributed by atoms with Crippen molar-refractivity contribution in [2.75, 3.05) is 6.61 Å². The molecule has 0 saturated heterocycles. The van der Waals surface area contributed by atoms with E-state index in [-0.39, 0.29) is 11.9 Å². The fourth-order valence-corrected chi connectivity index (χ4v) is 2.06. The van der Waals surface area contributed by atoms with Crippen molar-refractivity contribution in [1.82, 2.24) is 0 Å². The van der Waals surface area contributed by atoms with Crippen LogP contribution in [0.1, 0.15) is 41.3 Å². The lowest BCUT2D eigenvalue weighted by molar-refractivity contribution is 0.0374. The SMILES string of the molecule is CCOC(C(=O)c1ccc(C)c(C)c1)C1CC1. The molecule has 1 saturated carbocycles. The molecule has 1 aromatic rings. The summed E-state index contributed by atoms with van der Waals surface area (Å²) in [5.74, 6) is 0.599. The zero-order chi connectivity index (χ0) is 12.4. The van der Waals surface area contributed by atoms with Crippen LogP contribution in [0.15, 0.2) is 18.2 Å². The second-order valence-corrected chi connectivity index (χ2v) is 4.88. The fraction of sp³-hybridized carbons (Fsp3) is 0.533. The molecule has 0 N–H and O–H groups in total. The van der Waals surface area contributed by atoms with Gasteiger partial charge in [-0.15, -0.1) is 0 Å². The maximum atomic E-state index is 12.4. The smallest absolute Gasteiger partial charge is 0.191 e. The molecule has 0 aliphatic heterocycles. The molecule has 17 heavy (non-hydrogen) atoms. The number of carbonyl (C=O) groups excluding carboxylic acids is 1. The first-order valence-corrected chi connectivity index (χ1v) is 6.36. The van der Waals surface area contributed by atoms with Gasteiger partial charge in [-0.1, -0.05) is 12.1 Å². The first-order chi connectivity index (χ1) is 8.13. The van der Waals surface area contributed by atoms with Gasteiger partial charge in [0.2, 0.25) is 0 Å². The van der Waals surface area contributed by atoms with E-state index in [2.05, 4.69) is 6.92 Å². The Hall–Kier alpha value is -1.15. The maximum Gasteiger partial charge on any atom is 0.191 e. The van der Waals surface area contributed by atoms with Crippen LogP contribution in [0.2, 0.25) is 0 Å². The van der Waals surface area contributed by atoms with Gasteiger partial charge in [-0.3, -0.25) is 4.79 Å². The summed E-state index contributed by atoms with van der Waals surface area (Å²) in [7, 11) is 0. The van der Waals surface area contributed by atoms with Crippen LogP contribution in [0.4, 0.5) is 0 Å². The number of ether oxygens (including phenoxy) is 1. The third kappa shape index (κ3) is 2.75. The zero-order valence-electron chi connectivity index (χ0n) is 10.8. The van der Waals surface area contributed by atoms with Gasteiger partial charge in [0, 0.05) is 12.2 Å². The normalized spacial score (nSPS) is 16.9. The van der Waals surface area contributed by atoms with Crippen LogP contribution in [0.3, 0.4) is 0 Å². The first kappa shape index (κ1) is 12.3. The molecule has 92 valence electrons. The number of hydrogen-bond donors (Lipinski definition) is 0. The highest BCUT2D eigenvalue weighted by Crippen LogP contribution is 2.36. The number of Topliss-reactive ketones (excluding diaryl/α,β-unsaturated/α-hetero) is 1. The molecule has 0 heterocycles. The second-order valence-electron chi connectivity index (χ2n) is 4.88.